The summed E-state index contributed by atoms with van der Waals surface area (Å²) >= 11 is 0. The molecule has 308 valence electrons. The maximum absolute atomic E-state index is 10.4. The zero-order valence-electron chi connectivity index (χ0n) is 34.3. The standard InChI is InChI=1S/C30H42N2O3.2C7H8O3S/c1-23-29(3,4)25-11-7-9-13-27(25)31(23)15-17-33-19-21-35-22-20-34-18-16-32-24(2)30(5,6)26-12-8-10-14-28(26)32;2*1-6-2-4-7(5-3-6)11(8,9)10/h7-14H,15-22H2,1-6H3;2*2-5H,1H3,(H,8,9,10)/q+2;;/p-2. The lowest BCUT2D eigenvalue weighted by atomic mass is 9.82. The van der Waals surface area contributed by atoms with Crippen molar-refractivity contribution < 1.29 is 49.3 Å². The van der Waals surface area contributed by atoms with Gasteiger partial charge in [0.25, 0.3) is 0 Å². The van der Waals surface area contributed by atoms with Crippen molar-refractivity contribution in [2.75, 3.05) is 52.7 Å². The van der Waals surface area contributed by atoms with E-state index in [1.165, 1.54) is 58.2 Å². The highest BCUT2D eigenvalue weighted by atomic mass is 32.2. The van der Waals surface area contributed by atoms with Gasteiger partial charge in [0.1, 0.15) is 33.5 Å². The maximum Gasteiger partial charge on any atom is 0.209 e. The number of ether oxygens (including phenoxy) is 3. The van der Waals surface area contributed by atoms with Gasteiger partial charge in [-0.05, 0) is 65.8 Å². The molecule has 0 radical (unpaired) electrons. The van der Waals surface area contributed by atoms with Crippen molar-refractivity contribution in [2.45, 2.75) is 76.0 Å². The Balaban J connectivity index is 0.000000265. The Morgan fingerprint density at radius 2 is 0.772 bits per heavy atom. The molecule has 0 saturated heterocycles. The predicted molar refractivity (Wildman–Crippen MR) is 221 cm³/mol. The average Bonchev–Trinajstić information content (AvgIpc) is 3.47. The number of benzene rings is 4. The van der Waals surface area contributed by atoms with Crippen LogP contribution in [0, 0.1) is 13.8 Å². The summed E-state index contributed by atoms with van der Waals surface area (Å²) in [5.74, 6) is 0. The SMILES string of the molecule is CC1=[N+](CCOCCOCCOCC[N+]2=C(C)C(C)(C)c3ccccc32)c2ccccc2C1(C)C.Cc1ccc(S(=O)(=O)[O-])cc1.Cc1ccc(S(=O)(=O)[O-])cc1. The Bertz CT molecular complexity index is 2100. The van der Waals surface area contributed by atoms with Crippen molar-refractivity contribution >= 4 is 43.0 Å². The highest BCUT2D eigenvalue weighted by Gasteiger charge is 2.43. The van der Waals surface area contributed by atoms with E-state index < -0.39 is 20.2 Å². The van der Waals surface area contributed by atoms with Crippen molar-refractivity contribution in [2.24, 2.45) is 0 Å². The summed E-state index contributed by atoms with van der Waals surface area (Å²) in [4.78, 5) is -0.355. The Hall–Kier alpha value is -4.08. The summed E-state index contributed by atoms with van der Waals surface area (Å²) in [6.45, 7) is 22.8. The van der Waals surface area contributed by atoms with E-state index in [4.69, 9.17) is 14.2 Å². The van der Waals surface area contributed by atoms with Gasteiger partial charge < -0.3 is 23.3 Å². The maximum atomic E-state index is 10.4. The third kappa shape index (κ3) is 12.0. The normalized spacial score (nSPS) is 15.3. The monoisotopic (exact) mass is 820 g/mol. The first-order chi connectivity index (χ1) is 26.8. The van der Waals surface area contributed by atoms with Gasteiger partial charge in [-0.1, -0.05) is 71.8 Å². The van der Waals surface area contributed by atoms with Crippen LogP contribution in [-0.2, 0) is 45.3 Å². The van der Waals surface area contributed by atoms with Gasteiger partial charge in [0.15, 0.2) is 24.5 Å². The molecule has 57 heavy (non-hydrogen) atoms. The van der Waals surface area contributed by atoms with Crippen LogP contribution in [0.15, 0.2) is 107 Å². The fourth-order valence-electron chi connectivity index (χ4n) is 6.74. The first kappa shape index (κ1) is 45.6. The molecule has 0 unspecified atom stereocenters. The van der Waals surface area contributed by atoms with E-state index in [9.17, 15) is 25.9 Å². The summed E-state index contributed by atoms with van der Waals surface area (Å²) in [6.07, 6.45) is 0. The molecule has 0 spiro atoms. The van der Waals surface area contributed by atoms with Crippen LogP contribution in [0.4, 0.5) is 11.4 Å². The number of rotatable bonds is 14. The van der Waals surface area contributed by atoms with Crippen LogP contribution in [0.5, 0.6) is 0 Å². The molecule has 11 nitrogen and oxygen atoms in total. The van der Waals surface area contributed by atoms with E-state index in [0.717, 1.165) is 24.2 Å². The Morgan fingerprint density at radius 1 is 0.474 bits per heavy atom. The molecule has 0 saturated carbocycles. The molecule has 4 aromatic carbocycles. The summed E-state index contributed by atoms with van der Waals surface area (Å²) in [5, 5.41) is 0. The van der Waals surface area contributed by atoms with Crippen molar-refractivity contribution in [3.05, 3.63) is 119 Å². The highest BCUT2D eigenvalue weighted by molar-refractivity contribution is 7.86. The molecular formula is C44H56N2O9S2. The third-order valence-corrected chi connectivity index (χ3v) is 12.3. The summed E-state index contributed by atoms with van der Waals surface area (Å²) in [6, 6.07) is 28.9. The zero-order valence-corrected chi connectivity index (χ0v) is 35.9. The van der Waals surface area contributed by atoms with Crippen LogP contribution < -0.4 is 0 Å². The number of para-hydroxylation sites is 2. The van der Waals surface area contributed by atoms with Crippen LogP contribution in [0.1, 0.15) is 63.8 Å². The molecule has 13 heteroatoms. The predicted octanol–water partition coefficient (Wildman–Crippen LogP) is 7.03. The van der Waals surface area contributed by atoms with E-state index in [0.29, 0.717) is 39.6 Å². The molecule has 0 fully saturated rings. The smallest absolute Gasteiger partial charge is 0.209 e. The van der Waals surface area contributed by atoms with Crippen LogP contribution >= 0.6 is 0 Å². The van der Waals surface area contributed by atoms with Crippen LogP contribution in [0.2, 0.25) is 0 Å². The van der Waals surface area contributed by atoms with Gasteiger partial charge in [0.05, 0.1) is 47.0 Å². The first-order valence-electron chi connectivity index (χ1n) is 19.0. The number of nitrogens with zero attached hydrogens (tertiary/aromatic N) is 2. The summed E-state index contributed by atoms with van der Waals surface area (Å²) < 4.78 is 84.5. The van der Waals surface area contributed by atoms with Crippen LogP contribution in [0.25, 0.3) is 0 Å². The van der Waals surface area contributed by atoms with Crippen LogP contribution in [-0.4, -0.2) is 99.2 Å². The van der Waals surface area contributed by atoms with Gasteiger partial charge in [-0.2, -0.15) is 9.15 Å². The van der Waals surface area contributed by atoms with Gasteiger partial charge in [-0.15, -0.1) is 0 Å². The fraction of sp³-hybridized carbons (Fsp3) is 0.409. The Morgan fingerprint density at radius 3 is 1.09 bits per heavy atom. The molecule has 0 amide bonds. The molecule has 0 aliphatic carbocycles. The van der Waals surface area contributed by atoms with Crippen LogP contribution in [0.3, 0.4) is 0 Å². The van der Waals surface area contributed by atoms with Gasteiger partial charge in [0.2, 0.25) is 11.4 Å². The molecule has 0 N–H and O–H groups in total. The lowest BCUT2D eigenvalue weighted by Crippen LogP contribution is -2.27. The molecular weight excluding hydrogens is 765 g/mol. The first-order valence-corrected chi connectivity index (χ1v) is 21.8. The van der Waals surface area contributed by atoms with Gasteiger partial charge in [-0.25, -0.2) is 16.8 Å². The molecule has 2 aliphatic heterocycles. The van der Waals surface area contributed by atoms with E-state index in [1.54, 1.807) is 24.3 Å². The molecule has 2 heterocycles. The number of aryl methyl sites for hydroxylation is 2. The quantitative estimate of drug-likeness (QED) is 0.0743. The van der Waals surface area contributed by atoms with Crippen molar-refractivity contribution in [3.8, 4) is 0 Å². The Kier molecular flexibility index (Phi) is 15.7. The molecule has 0 atom stereocenters. The van der Waals surface area contributed by atoms with Crippen molar-refractivity contribution in [1.82, 2.24) is 0 Å². The van der Waals surface area contributed by atoms with Gasteiger partial charge in [0, 0.05) is 37.1 Å². The highest BCUT2D eigenvalue weighted by Crippen LogP contribution is 2.40. The fourth-order valence-corrected chi connectivity index (χ4v) is 7.68. The number of hydrogen-bond donors (Lipinski definition) is 0. The van der Waals surface area contributed by atoms with E-state index >= 15 is 0 Å². The van der Waals surface area contributed by atoms with E-state index in [1.807, 2.05) is 13.8 Å². The lowest BCUT2D eigenvalue weighted by Gasteiger charge is -2.14. The second-order valence-corrected chi connectivity index (χ2v) is 17.9. The summed E-state index contributed by atoms with van der Waals surface area (Å²) in [5.41, 5.74) is 10.2. The van der Waals surface area contributed by atoms with Gasteiger partial charge >= 0.3 is 0 Å². The van der Waals surface area contributed by atoms with Gasteiger partial charge in [-0.3, -0.25) is 0 Å². The zero-order chi connectivity index (χ0) is 42.0. The molecule has 0 aromatic heterocycles. The molecule has 4 aromatic rings. The summed E-state index contributed by atoms with van der Waals surface area (Å²) in [7, 11) is -8.54. The largest absolute Gasteiger partial charge is 0.744 e. The lowest BCUT2D eigenvalue weighted by molar-refractivity contribution is -0.443. The number of fused-ring (bicyclic) bond motifs is 2. The van der Waals surface area contributed by atoms with Crippen molar-refractivity contribution in [1.29, 1.82) is 0 Å². The van der Waals surface area contributed by atoms with Crippen molar-refractivity contribution in [3.63, 3.8) is 0 Å². The second-order valence-electron chi connectivity index (χ2n) is 15.1. The molecule has 0 bridgehead atoms. The topological polar surface area (TPSA) is 148 Å². The average molecular weight is 821 g/mol. The minimum absolute atomic E-state index is 0.0742. The Labute approximate surface area is 339 Å². The number of hydrogen-bond acceptors (Lipinski definition) is 9. The second kappa shape index (κ2) is 19.6. The molecule has 6 rings (SSSR count). The van der Waals surface area contributed by atoms with E-state index in [-0.39, 0.29) is 20.6 Å². The van der Waals surface area contributed by atoms with E-state index in [2.05, 4.69) is 99.2 Å². The minimum atomic E-state index is -4.27. The minimum Gasteiger partial charge on any atom is -0.744 e. The third-order valence-electron chi connectivity index (χ3n) is 10.6. The molecule has 2 aliphatic rings.